The van der Waals surface area contributed by atoms with Crippen molar-refractivity contribution in [2.24, 2.45) is 0 Å². The summed E-state index contributed by atoms with van der Waals surface area (Å²) in [6.07, 6.45) is 1.69. The lowest BCUT2D eigenvalue weighted by atomic mass is 10.2. The fourth-order valence-electron chi connectivity index (χ4n) is 2.45. The number of rotatable bonds is 4. The van der Waals surface area contributed by atoms with Crippen molar-refractivity contribution in [3.63, 3.8) is 0 Å². The number of pyridine rings is 1. The zero-order valence-electron chi connectivity index (χ0n) is 13.0. The minimum atomic E-state index is -0.529. The predicted molar refractivity (Wildman–Crippen MR) is 85.9 cm³/mol. The molecule has 2 aromatic heterocycles. The van der Waals surface area contributed by atoms with Crippen LogP contribution in [0.2, 0.25) is 0 Å². The number of nitrogens with zero attached hydrogens (tertiary/aromatic N) is 3. The van der Waals surface area contributed by atoms with Crippen LogP contribution in [0.25, 0.3) is 11.1 Å². The van der Waals surface area contributed by atoms with Crippen LogP contribution in [0.15, 0.2) is 57.9 Å². The second kappa shape index (κ2) is 6.08. The van der Waals surface area contributed by atoms with Gasteiger partial charge in [0.15, 0.2) is 5.58 Å². The average Bonchev–Trinajstić information content (AvgIpc) is 2.90. The number of hydrogen-bond donors (Lipinski definition) is 0. The first kappa shape index (κ1) is 15.0. The molecule has 1 amide bonds. The molecule has 23 heavy (non-hydrogen) atoms. The van der Waals surface area contributed by atoms with Crippen molar-refractivity contribution in [1.82, 2.24) is 14.5 Å². The van der Waals surface area contributed by atoms with Crippen molar-refractivity contribution in [1.29, 1.82) is 0 Å². The summed E-state index contributed by atoms with van der Waals surface area (Å²) in [6, 6.07) is 12.4. The van der Waals surface area contributed by atoms with Gasteiger partial charge in [0.1, 0.15) is 6.54 Å². The molecule has 3 aromatic rings. The molecule has 0 fully saturated rings. The third-order valence-electron chi connectivity index (χ3n) is 3.96. The molecule has 0 aliphatic carbocycles. The fraction of sp³-hybridized carbons (Fsp3) is 0.235. The van der Waals surface area contributed by atoms with E-state index in [0.29, 0.717) is 11.1 Å². The van der Waals surface area contributed by atoms with E-state index in [4.69, 9.17) is 4.42 Å². The van der Waals surface area contributed by atoms with Gasteiger partial charge in [-0.1, -0.05) is 18.2 Å². The number of aromatic nitrogens is 2. The van der Waals surface area contributed by atoms with Crippen molar-refractivity contribution in [3.05, 3.63) is 64.9 Å². The first-order valence-corrected chi connectivity index (χ1v) is 7.33. The molecule has 0 saturated heterocycles. The van der Waals surface area contributed by atoms with Crippen molar-refractivity contribution in [3.8, 4) is 0 Å². The van der Waals surface area contributed by atoms with Crippen molar-refractivity contribution in [2.45, 2.75) is 19.5 Å². The smallest absolute Gasteiger partial charge is 0.408 e. The van der Waals surface area contributed by atoms with Gasteiger partial charge in [0, 0.05) is 13.2 Å². The number of hydrogen-bond acceptors (Lipinski definition) is 4. The van der Waals surface area contributed by atoms with E-state index in [1.54, 1.807) is 42.4 Å². The summed E-state index contributed by atoms with van der Waals surface area (Å²) in [5, 5.41) is 0. The van der Waals surface area contributed by atoms with Crippen LogP contribution in [0.1, 0.15) is 18.7 Å². The number of oxazole rings is 1. The minimum absolute atomic E-state index is 0.0660. The van der Waals surface area contributed by atoms with E-state index in [1.807, 2.05) is 25.1 Å². The van der Waals surface area contributed by atoms with Crippen LogP contribution in [0, 0.1) is 0 Å². The maximum absolute atomic E-state index is 12.5. The van der Waals surface area contributed by atoms with E-state index in [1.165, 1.54) is 4.57 Å². The van der Waals surface area contributed by atoms with Crippen LogP contribution >= 0.6 is 0 Å². The molecule has 6 nitrogen and oxygen atoms in total. The highest BCUT2D eigenvalue weighted by Gasteiger charge is 2.20. The maximum atomic E-state index is 12.5. The lowest BCUT2D eigenvalue weighted by molar-refractivity contribution is -0.132. The molecule has 0 N–H and O–H groups in total. The standard InChI is InChI=1S/C17H17N3O3/c1-12(13-7-5-6-10-18-13)19(2)16(21)11-20-14-8-3-4-9-15(14)23-17(20)22/h3-10,12H,11H2,1-2H3. The van der Waals surface area contributed by atoms with Gasteiger partial charge in [0.05, 0.1) is 17.3 Å². The number of carbonyl (C=O) groups excluding carboxylic acids is 1. The van der Waals surface area contributed by atoms with E-state index in [2.05, 4.69) is 4.98 Å². The summed E-state index contributed by atoms with van der Waals surface area (Å²) in [5.41, 5.74) is 1.89. The van der Waals surface area contributed by atoms with Gasteiger partial charge in [-0.25, -0.2) is 4.79 Å². The SMILES string of the molecule is CC(c1ccccn1)N(C)C(=O)Cn1c(=O)oc2ccccc21. The number of fused-ring (bicyclic) bond motifs is 1. The lowest BCUT2D eigenvalue weighted by Crippen LogP contribution is -2.34. The molecule has 0 bridgehead atoms. The number of benzene rings is 1. The Kier molecular flexibility index (Phi) is 3.97. The van der Waals surface area contributed by atoms with Gasteiger partial charge in [-0.3, -0.25) is 14.3 Å². The molecule has 1 aromatic carbocycles. The Labute approximate surface area is 133 Å². The fourth-order valence-corrected chi connectivity index (χ4v) is 2.45. The third-order valence-corrected chi connectivity index (χ3v) is 3.96. The van der Waals surface area contributed by atoms with Crippen molar-refractivity contribution >= 4 is 17.0 Å². The quantitative estimate of drug-likeness (QED) is 0.741. The first-order valence-electron chi connectivity index (χ1n) is 7.33. The van der Waals surface area contributed by atoms with Gasteiger partial charge in [-0.15, -0.1) is 0 Å². The van der Waals surface area contributed by atoms with E-state index in [0.717, 1.165) is 5.69 Å². The molecule has 1 atom stereocenters. The summed E-state index contributed by atoms with van der Waals surface area (Å²) < 4.78 is 6.50. The molecule has 2 heterocycles. The van der Waals surface area contributed by atoms with Crippen molar-refractivity contribution in [2.75, 3.05) is 7.05 Å². The summed E-state index contributed by atoms with van der Waals surface area (Å²) in [7, 11) is 1.70. The third kappa shape index (κ3) is 2.88. The summed E-state index contributed by atoms with van der Waals surface area (Å²) >= 11 is 0. The summed E-state index contributed by atoms with van der Waals surface area (Å²) in [5.74, 6) is -0.713. The second-order valence-corrected chi connectivity index (χ2v) is 5.36. The van der Waals surface area contributed by atoms with Gasteiger partial charge < -0.3 is 9.32 Å². The molecule has 0 aliphatic heterocycles. The Balaban J connectivity index is 1.83. The highest BCUT2D eigenvalue weighted by Crippen LogP contribution is 2.17. The van der Waals surface area contributed by atoms with Gasteiger partial charge in [-0.05, 0) is 31.2 Å². The molecule has 1 unspecified atom stereocenters. The molecule has 0 saturated carbocycles. The largest absolute Gasteiger partial charge is 0.420 e. The van der Waals surface area contributed by atoms with Gasteiger partial charge in [0.25, 0.3) is 0 Å². The molecule has 0 spiro atoms. The monoisotopic (exact) mass is 311 g/mol. The molecular weight excluding hydrogens is 294 g/mol. The molecule has 118 valence electrons. The van der Waals surface area contributed by atoms with Gasteiger partial charge in [0.2, 0.25) is 5.91 Å². The second-order valence-electron chi connectivity index (χ2n) is 5.36. The van der Waals surface area contributed by atoms with Crippen molar-refractivity contribution < 1.29 is 9.21 Å². The predicted octanol–water partition coefficient (Wildman–Crippen LogP) is 2.21. The molecule has 6 heteroatoms. The Morgan fingerprint density at radius 1 is 1.26 bits per heavy atom. The Morgan fingerprint density at radius 3 is 2.74 bits per heavy atom. The number of para-hydroxylation sites is 2. The average molecular weight is 311 g/mol. The highest BCUT2D eigenvalue weighted by atomic mass is 16.4. The van der Waals surface area contributed by atoms with E-state index in [-0.39, 0.29) is 18.5 Å². The topological polar surface area (TPSA) is 68.3 Å². The van der Waals surface area contributed by atoms with E-state index >= 15 is 0 Å². The molecule has 3 rings (SSSR count). The van der Waals surface area contributed by atoms with Gasteiger partial charge >= 0.3 is 5.76 Å². The van der Waals surface area contributed by atoms with E-state index < -0.39 is 5.76 Å². The van der Waals surface area contributed by atoms with E-state index in [9.17, 15) is 9.59 Å². The first-order chi connectivity index (χ1) is 11.1. The minimum Gasteiger partial charge on any atom is -0.408 e. The number of carbonyl (C=O) groups is 1. The van der Waals surface area contributed by atoms with Crippen LogP contribution in [0.5, 0.6) is 0 Å². The maximum Gasteiger partial charge on any atom is 0.420 e. The molecular formula is C17H17N3O3. The highest BCUT2D eigenvalue weighted by molar-refractivity contribution is 5.79. The summed E-state index contributed by atoms with van der Waals surface area (Å²) in [4.78, 5) is 30.3. The normalized spacial score (nSPS) is 12.3. The Hall–Kier alpha value is -2.89. The molecule has 0 radical (unpaired) electrons. The van der Waals surface area contributed by atoms with Crippen LogP contribution in [0.3, 0.4) is 0 Å². The zero-order chi connectivity index (χ0) is 16.4. The van der Waals surface area contributed by atoms with Crippen LogP contribution < -0.4 is 5.76 Å². The summed E-state index contributed by atoms with van der Waals surface area (Å²) in [6.45, 7) is 1.83. The lowest BCUT2D eigenvalue weighted by Gasteiger charge is -2.24. The number of amides is 1. The Bertz CT molecular complexity index is 883. The number of likely N-dealkylation sites (N-methyl/N-ethyl adjacent to an activating group) is 1. The van der Waals surface area contributed by atoms with Gasteiger partial charge in [-0.2, -0.15) is 0 Å². The molecule has 0 aliphatic rings. The van der Waals surface area contributed by atoms with Crippen LogP contribution in [-0.2, 0) is 11.3 Å². The van der Waals surface area contributed by atoms with Crippen LogP contribution in [-0.4, -0.2) is 27.4 Å². The zero-order valence-corrected chi connectivity index (χ0v) is 13.0. The Morgan fingerprint density at radius 2 is 2.00 bits per heavy atom. The van der Waals surface area contributed by atoms with Crippen LogP contribution in [0.4, 0.5) is 0 Å².